The summed E-state index contributed by atoms with van der Waals surface area (Å²) in [6.07, 6.45) is 1.76. The molecule has 1 saturated heterocycles. The molecule has 1 fully saturated rings. The number of carbonyl (C=O) groups excluding carboxylic acids is 1. The summed E-state index contributed by atoms with van der Waals surface area (Å²) >= 11 is 0. The predicted molar refractivity (Wildman–Crippen MR) is 124 cm³/mol. The molecule has 3 heterocycles. The second kappa shape index (κ2) is 9.86. The monoisotopic (exact) mass is 468 g/mol. The minimum atomic E-state index is -3.53. The molecule has 8 nitrogen and oxygen atoms in total. The summed E-state index contributed by atoms with van der Waals surface area (Å²) in [6.45, 7) is 6.34. The Balaban J connectivity index is 1.40. The summed E-state index contributed by atoms with van der Waals surface area (Å²) in [6, 6.07) is 14.3. The summed E-state index contributed by atoms with van der Waals surface area (Å²) < 4.78 is 34.2. The van der Waals surface area contributed by atoms with E-state index in [9.17, 15) is 13.2 Å². The first-order valence-electron chi connectivity index (χ1n) is 10.9. The van der Waals surface area contributed by atoms with Gasteiger partial charge < -0.3 is 14.6 Å². The number of pyridine rings is 1. The molecule has 1 N–H and O–H groups in total. The van der Waals surface area contributed by atoms with Gasteiger partial charge in [0.2, 0.25) is 10.0 Å². The van der Waals surface area contributed by atoms with Gasteiger partial charge in [-0.25, -0.2) is 8.42 Å². The van der Waals surface area contributed by atoms with Gasteiger partial charge in [0.15, 0.2) is 0 Å². The third kappa shape index (κ3) is 5.16. The fourth-order valence-corrected chi connectivity index (χ4v) is 5.33. The normalized spacial score (nSPS) is 14.8. The van der Waals surface area contributed by atoms with E-state index in [0.717, 1.165) is 22.6 Å². The van der Waals surface area contributed by atoms with Crippen molar-refractivity contribution < 1.29 is 17.9 Å². The summed E-state index contributed by atoms with van der Waals surface area (Å²) in [5.41, 5.74) is 4.24. The molecule has 4 rings (SSSR count). The highest BCUT2D eigenvalue weighted by Crippen LogP contribution is 2.19. The van der Waals surface area contributed by atoms with Crippen LogP contribution in [0.2, 0.25) is 0 Å². The Kier molecular flexibility index (Phi) is 6.92. The number of nitrogens with one attached hydrogen (secondary N) is 1. The SMILES string of the molecule is Cc1cc(C(=O)NCc2ccc(S(=O)(=O)N3CCOCC3)cc2)c(C)n1Cc1ccccn1. The maximum absolute atomic E-state index is 12.8. The van der Waals surface area contributed by atoms with Crippen LogP contribution in [0.15, 0.2) is 59.6 Å². The van der Waals surface area contributed by atoms with Crippen LogP contribution in [0.3, 0.4) is 0 Å². The number of amides is 1. The molecule has 3 aromatic rings. The van der Waals surface area contributed by atoms with Crippen molar-refractivity contribution in [2.75, 3.05) is 26.3 Å². The Morgan fingerprint density at radius 1 is 1.09 bits per heavy atom. The van der Waals surface area contributed by atoms with Crippen LogP contribution < -0.4 is 5.32 Å². The van der Waals surface area contributed by atoms with Gasteiger partial charge in [-0.2, -0.15) is 4.31 Å². The summed E-state index contributed by atoms with van der Waals surface area (Å²) in [7, 11) is -3.53. The van der Waals surface area contributed by atoms with E-state index in [2.05, 4.69) is 14.9 Å². The van der Waals surface area contributed by atoms with Gasteiger partial charge >= 0.3 is 0 Å². The smallest absolute Gasteiger partial charge is 0.253 e. The molecule has 33 heavy (non-hydrogen) atoms. The molecule has 1 aromatic carbocycles. The highest BCUT2D eigenvalue weighted by molar-refractivity contribution is 7.89. The highest BCUT2D eigenvalue weighted by atomic mass is 32.2. The van der Waals surface area contributed by atoms with Gasteiger partial charge in [0.05, 0.1) is 35.9 Å². The number of nitrogens with zero attached hydrogens (tertiary/aromatic N) is 3. The van der Waals surface area contributed by atoms with E-state index >= 15 is 0 Å². The third-order valence-corrected chi connectivity index (χ3v) is 7.76. The van der Waals surface area contributed by atoms with Gasteiger partial charge in [-0.3, -0.25) is 9.78 Å². The van der Waals surface area contributed by atoms with Crippen LogP contribution >= 0.6 is 0 Å². The molecule has 0 saturated carbocycles. The molecule has 1 aliphatic heterocycles. The van der Waals surface area contributed by atoms with Crippen molar-refractivity contribution in [1.82, 2.24) is 19.2 Å². The van der Waals surface area contributed by atoms with Crippen molar-refractivity contribution in [1.29, 1.82) is 0 Å². The van der Waals surface area contributed by atoms with Crippen LogP contribution in [0.25, 0.3) is 0 Å². The Bertz CT molecular complexity index is 1220. The predicted octanol–water partition coefficient (Wildman–Crippen LogP) is 2.50. The van der Waals surface area contributed by atoms with Crippen molar-refractivity contribution in [2.45, 2.75) is 31.8 Å². The van der Waals surface area contributed by atoms with E-state index in [1.807, 2.05) is 38.1 Å². The number of morpholine rings is 1. The van der Waals surface area contributed by atoms with Crippen LogP contribution in [-0.4, -0.2) is 54.5 Å². The molecule has 0 radical (unpaired) electrons. The van der Waals surface area contributed by atoms with Crippen LogP contribution in [-0.2, 0) is 27.8 Å². The lowest BCUT2D eigenvalue weighted by Gasteiger charge is -2.26. The number of rotatable bonds is 7. The highest BCUT2D eigenvalue weighted by Gasteiger charge is 2.26. The Labute approximate surface area is 194 Å². The fraction of sp³-hybridized carbons (Fsp3) is 0.333. The molecule has 1 aliphatic rings. The van der Waals surface area contributed by atoms with Crippen LogP contribution in [0.5, 0.6) is 0 Å². The van der Waals surface area contributed by atoms with Crippen molar-refractivity contribution in [3.05, 3.63) is 82.9 Å². The number of aromatic nitrogens is 2. The van der Waals surface area contributed by atoms with Crippen molar-refractivity contribution in [2.24, 2.45) is 0 Å². The zero-order chi connectivity index (χ0) is 23.4. The minimum Gasteiger partial charge on any atom is -0.379 e. The first kappa shape index (κ1) is 23.2. The Hall–Kier alpha value is -3.01. The first-order chi connectivity index (χ1) is 15.9. The summed E-state index contributed by atoms with van der Waals surface area (Å²) in [5.74, 6) is -0.166. The van der Waals surface area contributed by atoms with Crippen LogP contribution in [0.1, 0.15) is 33.0 Å². The molecule has 2 aromatic heterocycles. The molecule has 0 bridgehead atoms. The van der Waals surface area contributed by atoms with E-state index in [1.165, 1.54) is 4.31 Å². The summed E-state index contributed by atoms with van der Waals surface area (Å²) in [5, 5.41) is 2.94. The largest absolute Gasteiger partial charge is 0.379 e. The molecule has 174 valence electrons. The number of aryl methyl sites for hydroxylation is 1. The average molecular weight is 469 g/mol. The van der Waals surface area contributed by atoms with E-state index in [0.29, 0.717) is 45.0 Å². The van der Waals surface area contributed by atoms with Gasteiger partial charge in [0.1, 0.15) is 0 Å². The lowest BCUT2D eigenvalue weighted by Crippen LogP contribution is -2.40. The van der Waals surface area contributed by atoms with Gasteiger partial charge in [0, 0.05) is 37.2 Å². The lowest BCUT2D eigenvalue weighted by molar-refractivity contribution is 0.0730. The minimum absolute atomic E-state index is 0.166. The van der Waals surface area contributed by atoms with Crippen LogP contribution in [0.4, 0.5) is 0 Å². The van der Waals surface area contributed by atoms with E-state index < -0.39 is 10.0 Å². The molecule has 0 atom stereocenters. The summed E-state index contributed by atoms with van der Waals surface area (Å²) in [4.78, 5) is 17.4. The molecule has 0 spiro atoms. The number of hydrogen-bond donors (Lipinski definition) is 1. The molecule has 0 unspecified atom stereocenters. The van der Waals surface area contributed by atoms with Crippen LogP contribution in [0, 0.1) is 13.8 Å². The molecular formula is C24H28N4O4S. The van der Waals surface area contributed by atoms with Gasteiger partial charge in [-0.15, -0.1) is 0 Å². The number of hydrogen-bond acceptors (Lipinski definition) is 5. The third-order valence-electron chi connectivity index (χ3n) is 5.85. The lowest BCUT2D eigenvalue weighted by atomic mass is 10.2. The number of ether oxygens (including phenoxy) is 1. The maximum Gasteiger partial charge on any atom is 0.253 e. The fourth-order valence-electron chi connectivity index (χ4n) is 3.92. The van der Waals surface area contributed by atoms with E-state index in [1.54, 1.807) is 30.5 Å². The Morgan fingerprint density at radius 3 is 2.48 bits per heavy atom. The number of sulfonamides is 1. The van der Waals surface area contributed by atoms with Crippen molar-refractivity contribution in [3.8, 4) is 0 Å². The zero-order valence-corrected chi connectivity index (χ0v) is 19.6. The van der Waals surface area contributed by atoms with Crippen molar-refractivity contribution >= 4 is 15.9 Å². The number of carbonyl (C=O) groups is 1. The second-order valence-electron chi connectivity index (χ2n) is 8.04. The number of benzene rings is 1. The molecule has 1 amide bonds. The quantitative estimate of drug-likeness (QED) is 0.575. The van der Waals surface area contributed by atoms with E-state index in [-0.39, 0.29) is 10.8 Å². The maximum atomic E-state index is 12.8. The van der Waals surface area contributed by atoms with Crippen molar-refractivity contribution in [3.63, 3.8) is 0 Å². The molecule has 0 aliphatic carbocycles. The van der Waals surface area contributed by atoms with Gasteiger partial charge in [-0.1, -0.05) is 18.2 Å². The molecular weight excluding hydrogens is 440 g/mol. The second-order valence-corrected chi connectivity index (χ2v) is 9.97. The standard InChI is InChI=1S/C24H28N4O4S/c1-18-15-23(19(2)28(18)17-21-5-3-4-10-25-21)24(29)26-16-20-6-8-22(9-7-20)33(30,31)27-11-13-32-14-12-27/h3-10,15H,11-14,16-17H2,1-2H3,(H,26,29). The van der Waals surface area contributed by atoms with E-state index in [4.69, 9.17) is 4.74 Å². The Morgan fingerprint density at radius 2 is 1.82 bits per heavy atom. The first-order valence-corrected chi connectivity index (χ1v) is 12.3. The van der Waals surface area contributed by atoms with Gasteiger partial charge in [-0.05, 0) is 49.7 Å². The average Bonchev–Trinajstić information content (AvgIpc) is 3.12. The zero-order valence-electron chi connectivity index (χ0n) is 18.8. The van der Waals surface area contributed by atoms with Gasteiger partial charge in [0.25, 0.3) is 5.91 Å². The molecule has 9 heteroatoms. The topological polar surface area (TPSA) is 93.5 Å².